The molecule has 0 aromatic rings. The first-order chi connectivity index (χ1) is 4.04. The van der Waals surface area contributed by atoms with Gasteiger partial charge in [-0.1, -0.05) is 12.1 Å². The normalized spacial score (nSPS) is 19.2. The van der Waals surface area contributed by atoms with Crippen LogP contribution >= 0.6 is 0 Å². The monoisotopic (exact) mass is 131 g/mol. The van der Waals surface area contributed by atoms with Gasteiger partial charge in [0.15, 0.2) is 5.84 Å². The Morgan fingerprint density at radius 2 is 2.22 bits per heavy atom. The number of rotatable bonds is 2. The highest BCUT2D eigenvalue weighted by atomic mass is 16.4. The molecule has 0 saturated carbocycles. The standard InChI is InChI=1S/C5H13N3O/c1-3-5(2,7)4(6)8-9/h9H,3,7H2,1-2H3,(H2,6,8). The van der Waals surface area contributed by atoms with Crippen molar-refractivity contribution in [3.63, 3.8) is 0 Å². The summed E-state index contributed by atoms with van der Waals surface area (Å²) in [6.45, 7) is 3.58. The molecule has 0 saturated heterocycles. The molecule has 0 radical (unpaired) electrons. The molecule has 0 bridgehead atoms. The lowest BCUT2D eigenvalue weighted by atomic mass is 10.00. The third-order valence-corrected chi connectivity index (χ3v) is 1.43. The summed E-state index contributed by atoms with van der Waals surface area (Å²) in [7, 11) is 0. The SMILES string of the molecule is CCC(C)(N)/C(N)=N/O. The van der Waals surface area contributed by atoms with Crippen LogP contribution in [-0.4, -0.2) is 16.6 Å². The van der Waals surface area contributed by atoms with Gasteiger partial charge in [0.05, 0.1) is 5.54 Å². The Labute approximate surface area is 54.5 Å². The van der Waals surface area contributed by atoms with Crippen molar-refractivity contribution in [2.45, 2.75) is 25.8 Å². The molecule has 4 heteroatoms. The second-order valence-electron chi connectivity index (χ2n) is 2.26. The summed E-state index contributed by atoms with van der Waals surface area (Å²) < 4.78 is 0. The van der Waals surface area contributed by atoms with Crippen LogP contribution in [0.4, 0.5) is 0 Å². The second-order valence-corrected chi connectivity index (χ2v) is 2.26. The molecule has 0 heterocycles. The summed E-state index contributed by atoms with van der Waals surface area (Å²) in [4.78, 5) is 0. The molecule has 54 valence electrons. The summed E-state index contributed by atoms with van der Waals surface area (Å²) in [6, 6.07) is 0. The van der Waals surface area contributed by atoms with Gasteiger partial charge in [0, 0.05) is 0 Å². The zero-order valence-electron chi connectivity index (χ0n) is 5.76. The molecular weight excluding hydrogens is 118 g/mol. The van der Waals surface area contributed by atoms with Gasteiger partial charge in [-0.3, -0.25) is 0 Å². The van der Waals surface area contributed by atoms with Gasteiger partial charge in [0.25, 0.3) is 0 Å². The fourth-order valence-electron chi connectivity index (χ4n) is 0.295. The van der Waals surface area contributed by atoms with Gasteiger partial charge >= 0.3 is 0 Å². The van der Waals surface area contributed by atoms with Gasteiger partial charge in [-0.15, -0.1) is 0 Å². The van der Waals surface area contributed by atoms with Crippen LogP contribution in [0.5, 0.6) is 0 Å². The van der Waals surface area contributed by atoms with Gasteiger partial charge in [0.1, 0.15) is 0 Å². The van der Waals surface area contributed by atoms with Crippen molar-refractivity contribution in [2.75, 3.05) is 0 Å². The summed E-state index contributed by atoms with van der Waals surface area (Å²) in [6.07, 6.45) is 0.656. The van der Waals surface area contributed by atoms with Crippen LogP contribution in [0.2, 0.25) is 0 Å². The van der Waals surface area contributed by atoms with Crippen LogP contribution < -0.4 is 11.5 Å². The maximum atomic E-state index is 8.18. The topological polar surface area (TPSA) is 84.6 Å². The molecule has 0 aromatic carbocycles. The molecule has 0 rings (SSSR count). The van der Waals surface area contributed by atoms with Crippen molar-refractivity contribution in [3.05, 3.63) is 0 Å². The Bertz CT molecular complexity index is 119. The van der Waals surface area contributed by atoms with Crippen molar-refractivity contribution in [1.29, 1.82) is 0 Å². The molecule has 0 fully saturated rings. The van der Waals surface area contributed by atoms with E-state index in [1.165, 1.54) is 0 Å². The van der Waals surface area contributed by atoms with E-state index in [4.69, 9.17) is 16.7 Å². The van der Waals surface area contributed by atoms with E-state index in [2.05, 4.69) is 5.16 Å². The molecular formula is C5H13N3O. The van der Waals surface area contributed by atoms with Crippen LogP contribution in [0.25, 0.3) is 0 Å². The molecule has 0 aliphatic carbocycles. The number of nitrogens with two attached hydrogens (primary N) is 2. The number of nitrogens with zero attached hydrogens (tertiary/aromatic N) is 1. The van der Waals surface area contributed by atoms with Crippen molar-refractivity contribution < 1.29 is 5.21 Å². The van der Waals surface area contributed by atoms with E-state index in [0.29, 0.717) is 6.42 Å². The molecule has 0 aliphatic rings. The van der Waals surface area contributed by atoms with E-state index in [1.807, 2.05) is 6.92 Å². The first-order valence-electron chi connectivity index (χ1n) is 2.81. The van der Waals surface area contributed by atoms with Crippen LogP contribution in [0.15, 0.2) is 5.16 Å². The number of hydrogen-bond donors (Lipinski definition) is 3. The molecule has 0 aromatic heterocycles. The largest absolute Gasteiger partial charge is 0.409 e. The Hall–Kier alpha value is -0.770. The predicted octanol–water partition coefficient (Wildman–Crippen LogP) is -0.140. The van der Waals surface area contributed by atoms with Crippen LogP contribution in [-0.2, 0) is 0 Å². The summed E-state index contributed by atoms with van der Waals surface area (Å²) in [5.41, 5.74) is 10.1. The zero-order valence-corrected chi connectivity index (χ0v) is 5.76. The quantitative estimate of drug-likeness (QED) is 0.211. The first kappa shape index (κ1) is 8.23. The number of hydrogen-bond acceptors (Lipinski definition) is 3. The summed E-state index contributed by atoms with van der Waals surface area (Å²) in [5.74, 6) is 0.0741. The molecule has 9 heavy (non-hydrogen) atoms. The van der Waals surface area contributed by atoms with Crippen LogP contribution in [0.1, 0.15) is 20.3 Å². The Morgan fingerprint density at radius 3 is 2.33 bits per heavy atom. The van der Waals surface area contributed by atoms with Gasteiger partial charge < -0.3 is 16.7 Å². The minimum atomic E-state index is -0.672. The van der Waals surface area contributed by atoms with Gasteiger partial charge in [-0.2, -0.15) is 0 Å². The van der Waals surface area contributed by atoms with Crippen LogP contribution in [0.3, 0.4) is 0 Å². The summed E-state index contributed by atoms with van der Waals surface area (Å²) >= 11 is 0. The Kier molecular flexibility index (Phi) is 2.45. The highest BCUT2D eigenvalue weighted by Gasteiger charge is 2.20. The highest BCUT2D eigenvalue weighted by Crippen LogP contribution is 2.02. The molecule has 1 atom stereocenters. The zero-order chi connectivity index (χ0) is 7.49. The van der Waals surface area contributed by atoms with Gasteiger partial charge in [-0.05, 0) is 13.3 Å². The number of oxime groups is 1. The Morgan fingerprint density at radius 1 is 1.78 bits per heavy atom. The van der Waals surface area contributed by atoms with Gasteiger partial charge in [-0.25, -0.2) is 0 Å². The minimum absolute atomic E-state index is 0.0741. The van der Waals surface area contributed by atoms with E-state index < -0.39 is 5.54 Å². The van der Waals surface area contributed by atoms with E-state index in [-0.39, 0.29) is 5.84 Å². The molecule has 0 spiro atoms. The van der Waals surface area contributed by atoms with E-state index in [1.54, 1.807) is 6.92 Å². The van der Waals surface area contributed by atoms with Crippen molar-refractivity contribution in [3.8, 4) is 0 Å². The maximum Gasteiger partial charge on any atom is 0.158 e. The lowest BCUT2D eigenvalue weighted by Crippen LogP contribution is -2.48. The van der Waals surface area contributed by atoms with Crippen molar-refractivity contribution in [2.24, 2.45) is 16.6 Å². The van der Waals surface area contributed by atoms with Crippen molar-refractivity contribution >= 4 is 5.84 Å². The summed E-state index contributed by atoms with van der Waals surface area (Å²) in [5, 5.41) is 11.0. The average Bonchev–Trinajstić information content (AvgIpc) is 1.86. The van der Waals surface area contributed by atoms with E-state index in [9.17, 15) is 0 Å². The maximum absolute atomic E-state index is 8.18. The number of amidine groups is 1. The highest BCUT2D eigenvalue weighted by molar-refractivity contribution is 5.88. The first-order valence-corrected chi connectivity index (χ1v) is 2.81. The lowest BCUT2D eigenvalue weighted by molar-refractivity contribution is 0.312. The second kappa shape index (κ2) is 2.68. The van der Waals surface area contributed by atoms with E-state index in [0.717, 1.165) is 0 Å². The fourth-order valence-corrected chi connectivity index (χ4v) is 0.295. The fraction of sp³-hybridized carbons (Fsp3) is 0.800. The average molecular weight is 131 g/mol. The smallest absolute Gasteiger partial charge is 0.158 e. The Balaban J connectivity index is 4.14. The van der Waals surface area contributed by atoms with Gasteiger partial charge in [0.2, 0.25) is 0 Å². The van der Waals surface area contributed by atoms with E-state index >= 15 is 0 Å². The molecule has 0 aliphatic heterocycles. The van der Waals surface area contributed by atoms with Crippen molar-refractivity contribution in [1.82, 2.24) is 0 Å². The minimum Gasteiger partial charge on any atom is -0.409 e. The molecule has 1 unspecified atom stereocenters. The molecule has 0 amide bonds. The predicted molar refractivity (Wildman–Crippen MR) is 36.3 cm³/mol. The third-order valence-electron chi connectivity index (χ3n) is 1.43. The lowest BCUT2D eigenvalue weighted by Gasteiger charge is -2.19. The molecule has 4 nitrogen and oxygen atoms in total. The molecule has 5 N–H and O–H groups in total. The van der Waals surface area contributed by atoms with Crippen LogP contribution in [0, 0.1) is 0 Å². The third kappa shape index (κ3) is 1.89.